The number of methoxy groups -OCH3 is 1. The smallest absolute Gasteiger partial charge is 0.407 e. The lowest BCUT2D eigenvalue weighted by molar-refractivity contribution is 0.0922. The molecule has 0 bridgehead atoms. The summed E-state index contributed by atoms with van der Waals surface area (Å²) >= 11 is 0. The first-order chi connectivity index (χ1) is 50.2. The van der Waals surface area contributed by atoms with E-state index in [1.54, 1.807) is 31.3 Å². The van der Waals surface area contributed by atoms with E-state index in [0.717, 1.165) is 89.6 Å². The first-order valence-electron chi connectivity index (χ1n) is 40.7. The van der Waals surface area contributed by atoms with E-state index in [4.69, 9.17) is 9.15 Å². The van der Waals surface area contributed by atoms with Crippen LogP contribution in [0.5, 0.6) is 0 Å². The number of furan rings is 1. The van der Waals surface area contributed by atoms with Crippen LogP contribution in [0, 0.1) is 22.7 Å². The number of benzene rings is 4. The van der Waals surface area contributed by atoms with Gasteiger partial charge in [0, 0.05) is 54.6 Å². The zero-order valence-corrected chi connectivity index (χ0v) is 66.7. The lowest BCUT2D eigenvalue weighted by atomic mass is 9.73. The molecule has 6 heterocycles. The minimum atomic E-state index is -0.334. The van der Waals surface area contributed by atoms with Gasteiger partial charge in [0.05, 0.1) is 43.1 Å². The van der Waals surface area contributed by atoms with Crippen LogP contribution in [0.3, 0.4) is 0 Å². The minimum absolute atomic E-state index is 0. The average molecular weight is 1450 g/mol. The fraction of sp³-hybridized carbons (Fsp3) is 0.640. The van der Waals surface area contributed by atoms with Gasteiger partial charge >= 0.3 is 18.2 Å². The zero-order chi connectivity index (χ0) is 74.7. The van der Waals surface area contributed by atoms with Gasteiger partial charge in [0.25, 0.3) is 5.91 Å². The summed E-state index contributed by atoms with van der Waals surface area (Å²) in [6.45, 7) is 39.1. The van der Waals surface area contributed by atoms with Crippen LogP contribution in [0.2, 0.25) is 0 Å². The molecule has 5 fully saturated rings. The maximum Gasteiger partial charge on any atom is 0.407 e. The van der Waals surface area contributed by atoms with Gasteiger partial charge < -0.3 is 59.8 Å². The fourth-order valence-electron chi connectivity index (χ4n) is 18.9. The summed E-state index contributed by atoms with van der Waals surface area (Å²) < 4.78 is 9.90. The predicted octanol–water partition coefficient (Wildman–Crippen LogP) is 18.3. The standard InChI is InChI=1S/C24H32N2O2.C23H35N3O.C21H33N3O.C21H32N2O2.4H2/c1-23(2,3)9-12-26-13-10-24(11-14-26)16-21(19-6-4-5-7-20(19)24)25-22(27)18-8-15-28-17-18;1-18(2)9-14-25-15-10-23(11-16-25)17-21(19-7-3-4-8-20(19)23)24-22(27)26-12-5-6-13-26;1-16(2)9-12-24-13-10-21(11-14-24)15-19(22-20(25)23(3)4)17-7-5-6-8-18(17)21;1-20(2,3)9-12-23-13-10-21(11-14-23)15-18(22-19(24)25-4)16-7-5-6-8-17(16)21;;;;/h4-8,15,17,21H,9-14,16H2,1-3H3,(H,25,27);3-4,7-8,18,21H,5-6,9-17H2,1-2H3,(H,24,27);5-8,16,19H,9-15H2,1-4H3,(H,22,25);5-8,18H,9-15H2,1-4H3,(H,22,24);4*1H/t2*21-;19-;18-;;;;/m0000..../s1. The summed E-state index contributed by atoms with van der Waals surface area (Å²) in [4.78, 5) is 63.3. The van der Waals surface area contributed by atoms with Crippen molar-refractivity contribution in [3.8, 4) is 0 Å². The Labute approximate surface area is 637 Å². The molecule has 4 atom stereocenters. The van der Waals surface area contributed by atoms with Crippen molar-refractivity contribution in [3.05, 3.63) is 166 Å². The van der Waals surface area contributed by atoms with Crippen LogP contribution >= 0.6 is 0 Å². The number of likely N-dealkylation sites (tertiary alicyclic amines) is 5. The Morgan fingerprint density at radius 2 is 0.810 bits per heavy atom. The molecule has 4 spiro atoms. The van der Waals surface area contributed by atoms with Crippen LogP contribution < -0.4 is 21.3 Å². The molecule has 0 radical (unpaired) electrons. The Hall–Kier alpha value is -6.72. The summed E-state index contributed by atoms with van der Waals surface area (Å²) in [5.74, 6) is 1.50. The maximum absolute atomic E-state index is 12.7. The molecule has 16 nitrogen and oxygen atoms in total. The molecule has 1 aromatic heterocycles. The molecule has 5 aliphatic heterocycles. The normalized spacial score (nSPS) is 22.8. The molecule has 4 N–H and O–H groups in total. The topological polar surface area (TPSA) is 158 Å². The van der Waals surface area contributed by atoms with Crippen molar-refractivity contribution in [2.45, 2.75) is 231 Å². The predicted molar refractivity (Wildman–Crippen MR) is 433 cm³/mol. The maximum atomic E-state index is 12.7. The molecule has 0 saturated carbocycles. The number of nitrogens with one attached hydrogen (secondary N) is 4. The van der Waals surface area contributed by atoms with Gasteiger partial charge in [-0.2, -0.15) is 0 Å². The Balaban J connectivity index is 0.000000200. The number of alkyl carbamates (subject to hydrolysis) is 1. The molecule has 5 aromatic rings. The number of carbonyl (C=O) groups is 4. The zero-order valence-electron chi connectivity index (χ0n) is 66.7. The third kappa shape index (κ3) is 19.8. The number of piperidine rings is 4. The van der Waals surface area contributed by atoms with E-state index in [1.165, 1.54) is 187 Å². The van der Waals surface area contributed by atoms with Crippen LogP contribution in [-0.4, -0.2) is 166 Å². The van der Waals surface area contributed by atoms with Crippen molar-refractivity contribution < 1.29 is 34.0 Å². The third-order valence-electron chi connectivity index (χ3n) is 25.6. The highest BCUT2D eigenvalue weighted by Crippen LogP contribution is 2.55. The van der Waals surface area contributed by atoms with E-state index in [2.05, 4.69) is 207 Å². The second-order valence-electron chi connectivity index (χ2n) is 36.5. The van der Waals surface area contributed by atoms with Crippen LogP contribution in [0.4, 0.5) is 14.4 Å². The van der Waals surface area contributed by atoms with Gasteiger partial charge in [-0.25, -0.2) is 14.4 Å². The van der Waals surface area contributed by atoms with Crippen LogP contribution in [0.15, 0.2) is 120 Å². The Morgan fingerprint density at radius 1 is 0.476 bits per heavy atom. The van der Waals surface area contributed by atoms with E-state index in [0.29, 0.717) is 16.4 Å². The van der Waals surface area contributed by atoms with Gasteiger partial charge in [0.15, 0.2) is 0 Å². The molecule has 105 heavy (non-hydrogen) atoms. The summed E-state index contributed by atoms with van der Waals surface area (Å²) in [6, 6.07) is 37.3. The second-order valence-corrected chi connectivity index (χ2v) is 36.5. The molecule has 4 aromatic carbocycles. The number of urea groups is 2. The third-order valence-corrected chi connectivity index (χ3v) is 25.6. The molecule has 582 valence electrons. The molecular formula is C89H140N10O6. The molecule has 14 rings (SSSR count). The van der Waals surface area contributed by atoms with Gasteiger partial charge in [-0.3, -0.25) is 4.79 Å². The number of ether oxygens (including phenoxy) is 1. The van der Waals surface area contributed by atoms with Crippen molar-refractivity contribution in [2.24, 2.45) is 22.7 Å². The summed E-state index contributed by atoms with van der Waals surface area (Å²) in [5, 5.41) is 12.9. The fourth-order valence-corrected chi connectivity index (χ4v) is 18.9. The molecule has 0 unspecified atom stereocenters. The Bertz CT molecular complexity index is 3650. The quantitative estimate of drug-likeness (QED) is 0.0795. The van der Waals surface area contributed by atoms with E-state index >= 15 is 0 Å². The van der Waals surface area contributed by atoms with E-state index in [-0.39, 0.29) is 75.6 Å². The average Bonchev–Trinajstić information content (AvgIpc) is 1.63. The number of rotatable bonds is 15. The lowest BCUT2D eigenvalue weighted by Gasteiger charge is -2.41. The highest BCUT2D eigenvalue weighted by atomic mass is 16.5. The van der Waals surface area contributed by atoms with Crippen LogP contribution in [0.25, 0.3) is 0 Å². The number of fused-ring (bicyclic) bond motifs is 8. The number of hydrogen-bond acceptors (Lipinski definition) is 10. The largest absolute Gasteiger partial charge is 0.472 e. The Morgan fingerprint density at radius 3 is 1.13 bits per heavy atom. The first kappa shape index (κ1) is 79.3. The van der Waals surface area contributed by atoms with Crippen molar-refractivity contribution >= 4 is 24.1 Å². The van der Waals surface area contributed by atoms with E-state index in [9.17, 15) is 19.2 Å². The van der Waals surface area contributed by atoms with Crippen molar-refractivity contribution in [1.29, 1.82) is 0 Å². The van der Waals surface area contributed by atoms with E-state index < -0.39 is 0 Å². The van der Waals surface area contributed by atoms with Crippen molar-refractivity contribution in [1.82, 2.24) is 50.7 Å². The summed E-state index contributed by atoms with van der Waals surface area (Å²) in [5.41, 5.74) is 13.4. The minimum Gasteiger partial charge on any atom is -0.472 e. The number of nitrogens with zero attached hydrogens (tertiary/aromatic N) is 6. The van der Waals surface area contributed by atoms with Crippen molar-refractivity contribution in [3.63, 3.8) is 0 Å². The Kier molecular flexibility index (Phi) is 26.2. The number of amides is 6. The summed E-state index contributed by atoms with van der Waals surface area (Å²) in [7, 11) is 5.04. The molecular weight excluding hydrogens is 1310 g/mol. The number of carbonyl (C=O) groups excluding carboxylic acids is 4. The SMILES string of the molecule is CC(C)(C)CCN1CCC2(CC1)C[C@H](NC(=O)c1ccoc1)c1ccccc12.CC(C)CCN1CCC2(CC1)C[C@H](NC(=O)N(C)C)c1ccccc12.CC(C)CCN1CCC2(CC1)C[C@H](NC(=O)N1CCCC1)c1ccccc12.COC(=O)N[C@H]1CC2(CCN(CCC(C)(C)C)CC2)c2ccccc21.[HH].[HH].[HH].[HH]. The summed E-state index contributed by atoms with van der Waals surface area (Å²) in [6.07, 6.45) is 23.7. The van der Waals surface area contributed by atoms with E-state index in [1.807, 2.05) is 4.90 Å². The highest BCUT2D eigenvalue weighted by Gasteiger charge is 2.50. The lowest BCUT2D eigenvalue weighted by Crippen LogP contribution is -2.43. The number of hydrogen-bond donors (Lipinski definition) is 4. The van der Waals surface area contributed by atoms with Gasteiger partial charge in [-0.1, -0.05) is 166 Å². The van der Waals surface area contributed by atoms with Gasteiger partial charge in [-0.15, -0.1) is 0 Å². The molecule has 5 saturated heterocycles. The van der Waals surface area contributed by atoms with Crippen LogP contribution in [0.1, 0.15) is 270 Å². The van der Waals surface area contributed by atoms with Gasteiger partial charge in [0.2, 0.25) is 0 Å². The molecule has 4 aliphatic carbocycles. The van der Waals surface area contributed by atoms with Crippen molar-refractivity contribution in [2.75, 3.05) is 113 Å². The first-order valence-corrected chi connectivity index (χ1v) is 40.7. The highest BCUT2D eigenvalue weighted by molar-refractivity contribution is 5.94. The molecule has 16 heteroatoms. The monoisotopic (exact) mass is 1450 g/mol. The van der Waals surface area contributed by atoms with Gasteiger partial charge in [0.1, 0.15) is 6.26 Å². The van der Waals surface area contributed by atoms with Crippen LogP contribution in [-0.2, 0) is 26.4 Å². The molecule has 6 amide bonds. The molecule has 9 aliphatic rings. The van der Waals surface area contributed by atoms with Gasteiger partial charge in [-0.05, 0) is 267 Å². The second kappa shape index (κ2) is 34.7.